The molecule has 0 aliphatic heterocycles. The van der Waals surface area contributed by atoms with Crippen LogP contribution in [0.15, 0.2) is 30.3 Å². The summed E-state index contributed by atoms with van der Waals surface area (Å²) in [6, 6.07) is 9.86. The molecule has 0 heterocycles. The normalized spacial score (nSPS) is 22.1. The van der Waals surface area contributed by atoms with Crippen molar-refractivity contribution in [2.24, 2.45) is 11.8 Å². The van der Waals surface area contributed by atoms with Gasteiger partial charge in [0.05, 0.1) is 6.10 Å². The average Bonchev–Trinajstić information content (AvgIpc) is 3.05. The van der Waals surface area contributed by atoms with E-state index < -0.39 is 22.7 Å². The second-order valence-electron chi connectivity index (χ2n) is 13.2. The first-order valence-corrected chi connectivity index (χ1v) is 18.6. The number of hydrogen-bond acceptors (Lipinski definition) is 3. The SMILES string of the molecule is CC(C)(C)[Si](C)(C)OC[C@@H]1C[C@@H](CN(Cc2ccccc2)C(=O)O)C[C@@H]1O[Si](C)(C)C(C)(C)C. The zero-order valence-corrected chi connectivity index (χ0v) is 25.3. The largest absolute Gasteiger partial charge is 0.465 e. The molecule has 1 amide bonds. The minimum Gasteiger partial charge on any atom is -0.465 e. The Balaban J connectivity index is 2.17. The Morgan fingerprint density at radius 3 is 2.03 bits per heavy atom. The molecule has 1 N–H and O–H groups in total. The molecular formula is C27H49NO4Si2. The van der Waals surface area contributed by atoms with Gasteiger partial charge in [-0.1, -0.05) is 71.9 Å². The zero-order chi connectivity index (χ0) is 25.9. The highest BCUT2D eigenvalue weighted by Gasteiger charge is 2.45. The number of carboxylic acid groups (broad SMARTS) is 1. The molecule has 0 radical (unpaired) electrons. The van der Waals surface area contributed by atoms with E-state index in [1.807, 2.05) is 30.3 Å². The quantitative estimate of drug-likeness (QED) is 0.349. The first-order valence-electron chi connectivity index (χ1n) is 12.8. The van der Waals surface area contributed by atoms with E-state index >= 15 is 0 Å². The summed E-state index contributed by atoms with van der Waals surface area (Å²) in [5.74, 6) is 0.586. The Labute approximate surface area is 210 Å². The van der Waals surface area contributed by atoms with E-state index in [1.54, 1.807) is 4.90 Å². The highest BCUT2D eigenvalue weighted by atomic mass is 28.4. The summed E-state index contributed by atoms with van der Waals surface area (Å²) in [6.45, 7) is 24.5. The van der Waals surface area contributed by atoms with Gasteiger partial charge in [0.25, 0.3) is 0 Å². The Bertz CT molecular complexity index is 799. The molecule has 3 atom stereocenters. The third kappa shape index (κ3) is 7.67. The van der Waals surface area contributed by atoms with E-state index in [2.05, 4.69) is 67.7 Å². The Kier molecular flexibility index (Phi) is 9.28. The van der Waals surface area contributed by atoms with Crippen molar-refractivity contribution in [1.82, 2.24) is 4.90 Å². The van der Waals surface area contributed by atoms with Crippen LogP contribution in [0.2, 0.25) is 36.3 Å². The highest BCUT2D eigenvalue weighted by Crippen LogP contribution is 2.44. The number of rotatable bonds is 9. The maximum absolute atomic E-state index is 12.1. The third-order valence-corrected chi connectivity index (χ3v) is 17.4. The van der Waals surface area contributed by atoms with Gasteiger partial charge in [0, 0.05) is 25.6 Å². The van der Waals surface area contributed by atoms with Crippen LogP contribution in [-0.4, -0.2) is 52.0 Å². The molecule has 1 saturated carbocycles. The molecule has 1 aliphatic carbocycles. The van der Waals surface area contributed by atoms with Gasteiger partial charge in [0.1, 0.15) is 0 Å². The standard InChI is InChI=1S/C27H49NO4Si2/c1-26(2,3)33(7,8)31-20-23-16-22(17-24(23)32-34(9,10)27(4,5)6)19-28(25(29)30)18-21-14-12-11-13-15-21/h11-15,22-24H,16-20H2,1-10H3,(H,29,30)/t22-,23+,24+/m1/s1. The van der Waals surface area contributed by atoms with E-state index in [0.29, 0.717) is 25.6 Å². The lowest BCUT2D eigenvalue weighted by Crippen LogP contribution is -2.46. The summed E-state index contributed by atoms with van der Waals surface area (Å²) >= 11 is 0. The molecule has 1 aromatic rings. The van der Waals surface area contributed by atoms with E-state index in [-0.39, 0.29) is 22.1 Å². The second-order valence-corrected chi connectivity index (χ2v) is 22.8. The lowest BCUT2D eigenvalue weighted by Gasteiger charge is -2.41. The summed E-state index contributed by atoms with van der Waals surface area (Å²) in [6.07, 6.45) is 1.12. The zero-order valence-electron chi connectivity index (χ0n) is 23.3. The van der Waals surface area contributed by atoms with Crippen LogP contribution in [0.3, 0.4) is 0 Å². The summed E-state index contributed by atoms with van der Waals surface area (Å²) in [5.41, 5.74) is 1.02. The monoisotopic (exact) mass is 507 g/mol. The summed E-state index contributed by atoms with van der Waals surface area (Å²) in [5, 5.41) is 10.2. The van der Waals surface area contributed by atoms with Crippen LogP contribution in [-0.2, 0) is 15.4 Å². The Morgan fingerprint density at radius 2 is 1.53 bits per heavy atom. The smallest absolute Gasteiger partial charge is 0.407 e. The first kappa shape index (κ1) is 29.1. The fourth-order valence-corrected chi connectivity index (χ4v) is 6.54. The van der Waals surface area contributed by atoms with Gasteiger partial charge >= 0.3 is 6.09 Å². The van der Waals surface area contributed by atoms with E-state index in [9.17, 15) is 9.90 Å². The molecule has 1 aliphatic rings. The van der Waals surface area contributed by atoms with Crippen LogP contribution >= 0.6 is 0 Å². The minimum absolute atomic E-state index is 0.128. The van der Waals surface area contributed by atoms with Crippen LogP contribution in [0.5, 0.6) is 0 Å². The Hall–Kier alpha value is -1.16. The topological polar surface area (TPSA) is 59.0 Å². The molecule has 0 saturated heterocycles. The summed E-state index contributed by atoms with van der Waals surface area (Å²) in [4.78, 5) is 13.6. The molecule has 0 unspecified atom stereocenters. The van der Waals surface area contributed by atoms with Crippen molar-refractivity contribution >= 4 is 22.7 Å². The van der Waals surface area contributed by atoms with Crippen LogP contribution in [0.25, 0.3) is 0 Å². The van der Waals surface area contributed by atoms with Crippen LogP contribution in [0.1, 0.15) is 59.9 Å². The molecule has 7 heteroatoms. The average molecular weight is 508 g/mol. The van der Waals surface area contributed by atoms with Gasteiger partial charge in [-0.25, -0.2) is 4.79 Å². The molecule has 0 spiro atoms. The molecule has 1 fully saturated rings. The van der Waals surface area contributed by atoms with Crippen molar-refractivity contribution in [3.63, 3.8) is 0 Å². The van der Waals surface area contributed by atoms with Crippen molar-refractivity contribution in [3.05, 3.63) is 35.9 Å². The number of carbonyl (C=O) groups is 1. The molecule has 34 heavy (non-hydrogen) atoms. The van der Waals surface area contributed by atoms with Gasteiger partial charge in [-0.05, 0) is 60.6 Å². The van der Waals surface area contributed by atoms with Gasteiger partial charge in [-0.3, -0.25) is 0 Å². The van der Waals surface area contributed by atoms with E-state index in [1.165, 1.54) is 0 Å². The maximum atomic E-state index is 12.1. The number of amides is 1. The summed E-state index contributed by atoms with van der Waals surface area (Å²) in [7, 11) is -3.82. The Morgan fingerprint density at radius 1 is 0.971 bits per heavy atom. The van der Waals surface area contributed by atoms with Gasteiger partial charge in [-0.2, -0.15) is 0 Å². The number of benzene rings is 1. The second kappa shape index (κ2) is 10.8. The maximum Gasteiger partial charge on any atom is 0.407 e. The van der Waals surface area contributed by atoms with Crippen molar-refractivity contribution in [2.45, 2.75) is 103 Å². The van der Waals surface area contributed by atoms with Gasteiger partial charge in [-0.15, -0.1) is 0 Å². The molecule has 2 rings (SSSR count). The lowest BCUT2D eigenvalue weighted by molar-refractivity contribution is 0.100. The van der Waals surface area contributed by atoms with E-state index in [4.69, 9.17) is 8.85 Å². The number of nitrogens with zero attached hydrogens (tertiary/aromatic N) is 1. The highest BCUT2D eigenvalue weighted by molar-refractivity contribution is 6.74. The van der Waals surface area contributed by atoms with Crippen molar-refractivity contribution in [3.8, 4) is 0 Å². The molecule has 1 aromatic carbocycles. The fraction of sp³-hybridized carbons (Fsp3) is 0.741. The summed E-state index contributed by atoms with van der Waals surface area (Å²) < 4.78 is 13.6. The molecular weight excluding hydrogens is 458 g/mol. The molecule has 0 bridgehead atoms. The van der Waals surface area contributed by atoms with Crippen molar-refractivity contribution in [1.29, 1.82) is 0 Å². The van der Waals surface area contributed by atoms with Gasteiger partial charge in [0.2, 0.25) is 0 Å². The molecule has 0 aromatic heterocycles. The van der Waals surface area contributed by atoms with Crippen molar-refractivity contribution < 1.29 is 18.8 Å². The first-order chi connectivity index (χ1) is 15.4. The van der Waals surface area contributed by atoms with Crippen LogP contribution in [0.4, 0.5) is 4.79 Å². The molecule has 5 nitrogen and oxygen atoms in total. The predicted molar refractivity (Wildman–Crippen MR) is 146 cm³/mol. The van der Waals surface area contributed by atoms with Gasteiger partial charge in [0.15, 0.2) is 16.6 Å². The predicted octanol–water partition coefficient (Wildman–Crippen LogP) is 7.61. The van der Waals surface area contributed by atoms with Crippen molar-refractivity contribution in [2.75, 3.05) is 13.2 Å². The minimum atomic E-state index is -1.95. The van der Waals surface area contributed by atoms with Crippen LogP contribution in [0, 0.1) is 11.8 Å². The van der Waals surface area contributed by atoms with Crippen LogP contribution < -0.4 is 0 Å². The molecule has 194 valence electrons. The third-order valence-electron chi connectivity index (χ3n) is 8.41. The number of hydrogen-bond donors (Lipinski definition) is 1. The lowest BCUT2D eigenvalue weighted by atomic mass is 10.0. The van der Waals surface area contributed by atoms with Gasteiger partial charge < -0.3 is 18.9 Å². The van der Waals surface area contributed by atoms with E-state index in [0.717, 1.165) is 18.4 Å². The fourth-order valence-electron chi connectivity index (χ4n) is 4.08.